The van der Waals surface area contributed by atoms with Crippen molar-refractivity contribution in [2.24, 2.45) is 0 Å². The number of hydrogen-bond acceptors (Lipinski definition) is 3. The van der Waals surface area contributed by atoms with E-state index in [0.717, 1.165) is 29.2 Å². The minimum absolute atomic E-state index is 0.716. The van der Waals surface area contributed by atoms with Gasteiger partial charge in [-0.05, 0) is 31.1 Å². The van der Waals surface area contributed by atoms with Gasteiger partial charge in [-0.2, -0.15) is 0 Å². The molecule has 0 atom stereocenters. The summed E-state index contributed by atoms with van der Waals surface area (Å²) in [7, 11) is 0. The summed E-state index contributed by atoms with van der Waals surface area (Å²) in [6.07, 6.45) is 4.96. The number of hydrogen-bond donors (Lipinski definition) is 0. The van der Waals surface area contributed by atoms with Crippen LogP contribution in [-0.2, 0) is 6.42 Å². The second kappa shape index (κ2) is 8.34. The largest absolute Gasteiger partial charge is 0.213 e. The summed E-state index contributed by atoms with van der Waals surface area (Å²) in [5, 5.41) is 0. The third kappa shape index (κ3) is 4.12. The van der Waals surface area contributed by atoms with Crippen molar-refractivity contribution in [1.82, 2.24) is 15.0 Å². The summed E-state index contributed by atoms with van der Waals surface area (Å²) in [6, 6.07) is 20.4. The molecule has 1 heterocycles. The molecule has 3 aromatic rings. The average Bonchev–Trinajstić information content (AvgIpc) is 2.72. The third-order valence-electron chi connectivity index (χ3n) is 4.20. The molecule has 3 rings (SSSR count). The zero-order valence-electron chi connectivity index (χ0n) is 15.5. The van der Waals surface area contributed by atoms with Gasteiger partial charge in [0.05, 0.1) is 0 Å². The minimum atomic E-state index is 0.716. The smallest absolute Gasteiger partial charge is 0.163 e. The predicted molar refractivity (Wildman–Crippen MR) is 108 cm³/mol. The molecule has 0 aliphatic carbocycles. The highest BCUT2D eigenvalue weighted by Gasteiger charge is 2.10. The van der Waals surface area contributed by atoms with Crippen LogP contribution in [0.3, 0.4) is 0 Å². The average molecular weight is 341 g/mol. The second-order valence-electron chi connectivity index (χ2n) is 6.06. The van der Waals surface area contributed by atoms with Crippen LogP contribution in [0.25, 0.3) is 22.5 Å². The van der Waals surface area contributed by atoms with E-state index in [0.29, 0.717) is 5.82 Å². The van der Waals surface area contributed by atoms with Crippen molar-refractivity contribution in [2.45, 2.75) is 27.2 Å². The summed E-state index contributed by atoms with van der Waals surface area (Å²) in [6.45, 7) is 6.19. The normalized spacial score (nSPS) is 12.3. The van der Waals surface area contributed by atoms with Crippen LogP contribution in [0.5, 0.6) is 0 Å². The second-order valence-corrected chi connectivity index (χ2v) is 6.06. The fraction of sp³-hybridized carbons (Fsp3) is 0.174. The molecule has 0 unspecified atom stereocenters. The Kier molecular flexibility index (Phi) is 5.69. The fourth-order valence-electron chi connectivity index (χ4n) is 2.72. The van der Waals surface area contributed by atoms with Gasteiger partial charge in [-0.1, -0.05) is 73.7 Å². The summed E-state index contributed by atoms with van der Waals surface area (Å²) in [5.74, 6) is 2.24. The highest BCUT2D eigenvalue weighted by Crippen LogP contribution is 2.22. The van der Waals surface area contributed by atoms with Crippen molar-refractivity contribution in [3.63, 3.8) is 0 Å². The van der Waals surface area contributed by atoms with Gasteiger partial charge in [-0.3, -0.25) is 0 Å². The monoisotopic (exact) mass is 341 g/mol. The Morgan fingerprint density at radius 1 is 0.885 bits per heavy atom. The lowest BCUT2D eigenvalue weighted by atomic mass is 10.0. The van der Waals surface area contributed by atoms with Gasteiger partial charge in [0, 0.05) is 17.6 Å². The zero-order valence-corrected chi connectivity index (χ0v) is 15.5. The summed E-state index contributed by atoms with van der Waals surface area (Å²) < 4.78 is 0. The topological polar surface area (TPSA) is 38.7 Å². The summed E-state index contributed by atoms with van der Waals surface area (Å²) in [5.41, 5.74) is 4.38. The molecule has 0 radical (unpaired) electrons. The van der Waals surface area contributed by atoms with E-state index in [9.17, 15) is 0 Å². The molecule has 0 N–H and O–H groups in total. The number of aromatic nitrogens is 3. The van der Waals surface area contributed by atoms with Gasteiger partial charge in [-0.25, -0.2) is 15.0 Å². The van der Waals surface area contributed by atoms with E-state index >= 15 is 0 Å². The lowest BCUT2D eigenvalue weighted by Gasteiger charge is -2.08. The molecule has 0 spiro atoms. The van der Waals surface area contributed by atoms with Gasteiger partial charge in [0.25, 0.3) is 0 Å². The molecule has 0 aliphatic rings. The van der Waals surface area contributed by atoms with Crippen LogP contribution in [-0.4, -0.2) is 15.0 Å². The van der Waals surface area contributed by atoms with Crippen molar-refractivity contribution in [1.29, 1.82) is 0 Å². The number of allylic oxidation sites excluding steroid dienone is 4. The number of benzene rings is 2. The fourth-order valence-corrected chi connectivity index (χ4v) is 2.72. The van der Waals surface area contributed by atoms with Gasteiger partial charge in [-0.15, -0.1) is 0 Å². The van der Waals surface area contributed by atoms with Crippen molar-refractivity contribution in [2.75, 3.05) is 0 Å². The summed E-state index contributed by atoms with van der Waals surface area (Å²) in [4.78, 5) is 14.0. The number of aryl methyl sites for hydroxylation is 1. The van der Waals surface area contributed by atoms with Crippen LogP contribution in [0, 0.1) is 0 Å². The summed E-state index contributed by atoms with van der Waals surface area (Å²) >= 11 is 0. The maximum Gasteiger partial charge on any atom is 0.163 e. The predicted octanol–water partition coefficient (Wildman–Crippen LogP) is 5.61. The Bertz CT molecular complexity index is 926. The molecule has 1 aromatic heterocycles. The minimum Gasteiger partial charge on any atom is -0.213 e. The number of nitrogens with zero attached hydrogens (tertiary/aromatic N) is 3. The first-order chi connectivity index (χ1) is 12.7. The number of rotatable bonds is 5. The lowest BCUT2D eigenvalue weighted by Crippen LogP contribution is -2.04. The maximum absolute atomic E-state index is 4.73. The van der Waals surface area contributed by atoms with Crippen molar-refractivity contribution < 1.29 is 0 Å². The zero-order chi connectivity index (χ0) is 18.4. The van der Waals surface area contributed by atoms with Crippen molar-refractivity contribution in [3.05, 3.63) is 90.0 Å². The standard InChI is InChI=1S/C23H23N3/c1-4-18(16-17(3)19-12-8-6-9-13-19)22-24-21(5-2)25-23(26-22)20-14-10-7-11-15-20/h4,6-16H,5H2,1-3H3/b17-16+,18-4+. The van der Waals surface area contributed by atoms with Crippen LogP contribution < -0.4 is 0 Å². The van der Waals surface area contributed by atoms with E-state index in [-0.39, 0.29) is 0 Å². The molecule has 0 bridgehead atoms. The molecule has 130 valence electrons. The van der Waals surface area contributed by atoms with E-state index in [1.807, 2.05) is 55.5 Å². The molecule has 0 amide bonds. The first-order valence-corrected chi connectivity index (χ1v) is 8.92. The molecular weight excluding hydrogens is 318 g/mol. The first-order valence-electron chi connectivity index (χ1n) is 8.92. The van der Waals surface area contributed by atoms with Crippen molar-refractivity contribution in [3.8, 4) is 11.4 Å². The van der Waals surface area contributed by atoms with E-state index in [1.165, 1.54) is 11.1 Å². The molecule has 0 fully saturated rings. The van der Waals surface area contributed by atoms with Gasteiger partial charge in [0.1, 0.15) is 5.82 Å². The van der Waals surface area contributed by atoms with Crippen LogP contribution in [0.4, 0.5) is 0 Å². The molecule has 0 aliphatic heterocycles. The highest BCUT2D eigenvalue weighted by molar-refractivity contribution is 5.81. The van der Waals surface area contributed by atoms with Gasteiger partial charge >= 0.3 is 0 Å². The molecule has 2 aromatic carbocycles. The van der Waals surface area contributed by atoms with Gasteiger partial charge in [0.2, 0.25) is 0 Å². The Morgan fingerprint density at radius 2 is 1.54 bits per heavy atom. The van der Waals surface area contributed by atoms with E-state index in [4.69, 9.17) is 4.98 Å². The van der Waals surface area contributed by atoms with E-state index in [2.05, 4.69) is 48.1 Å². The van der Waals surface area contributed by atoms with Crippen molar-refractivity contribution >= 4 is 11.1 Å². The molecule has 0 saturated carbocycles. The van der Waals surface area contributed by atoms with Crippen LogP contribution in [0.1, 0.15) is 38.0 Å². The van der Waals surface area contributed by atoms with Gasteiger partial charge < -0.3 is 0 Å². The molecule has 3 heteroatoms. The van der Waals surface area contributed by atoms with Crippen LogP contribution in [0.15, 0.2) is 72.8 Å². The molecule has 26 heavy (non-hydrogen) atoms. The molecular formula is C23H23N3. The van der Waals surface area contributed by atoms with E-state index in [1.54, 1.807) is 0 Å². The Labute approximate surface area is 155 Å². The highest BCUT2D eigenvalue weighted by atomic mass is 15.0. The SMILES string of the molecule is C/C=C(\C=C(/C)c1ccccc1)c1nc(CC)nc(-c2ccccc2)n1. The Morgan fingerprint density at radius 3 is 2.15 bits per heavy atom. The maximum atomic E-state index is 4.73. The van der Waals surface area contributed by atoms with Gasteiger partial charge in [0.15, 0.2) is 11.6 Å². The Balaban J connectivity index is 2.04. The van der Waals surface area contributed by atoms with Crippen LogP contribution in [0.2, 0.25) is 0 Å². The first kappa shape index (κ1) is 17.7. The van der Waals surface area contributed by atoms with E-state index < -0.39 is 0 Å². The lowest BCUT2D eigenvalue weighted by molar-refractivity contribution is 0.891. The third-order valence-corrected chi connectivity index (χ3v) is 4.20. The molecule has 3 nitrogen and oxygen atoms in total. The Hall–Kier alpha value is -3.07. The van der Waals surface area contributed by atoms with Crippen LogP contribution >= 0.6 is 0 Å². The molecule has 0 saturated heterocycles. The quantitative estimate of drug-likeness (QED) is 0.566.